The molecule has 0 saturated heterocycles. The zero-order valence-electron chi connectivity index (χ0n) is 16.5. The lowest BCUT2D eigenvalue weighted by Crippen LogP contribution is -2.22. The van der Waals surface area contributed by atoms with E-state index < -0.39 is 0 Å². The summed E-state index contributed by atoms with van der Waals surface area (Å²) in [6, 6.07) is 3.83. The fourth-order valence-electron chi connectivity index (χ4n) is 3.77. The Bertz CT molecular complexity index is 997. The standard InChI is InChI=1S/C21H24ClN5O2/c1-4-17(22)16(10-12(2)29-15-8-7-14(28)11-15)20-26-25-19-13(3)24-18-6-5-9-23-21(18)27(19)20/h4-6,9-10,13-15,24,28H,2,7-8,11H2,1,3H3/b16-10+,17-4+/t13?,14?,15-/m0/s1. The number of fused-ring (bicyclic) bond motifs is 3. The number of hydrogen-bond acceptors (Lipinski definition) is 6. The third kappa shape index (κ3) is 3.80. The highest BCUT2D eigenvalue weighted by molar-refractivity contribution is 6.36. The Morgan fingerprint density at radius 3 is 2.97 bits per heavy atom. The normalized spacial score (nSPS) is 23.9. The molecule has 2 aromatic rings. The quantitative estimate of drug-likeness (QED) is 0.566. The van der Waals surface area contributed by atoms with E-state index in [0.29, 0.717) is 28.6 Å². The van der Waals surface area contributed by atoms with Gasteiger partial charge >= 0.3 is 0 Å². The van der Waals surface area contributed by atoms with E-state index in [1.54, 1.807) is 18.3 Å². The van der Waals surface area contributed by atoms with Crippen LogP contribution in [-0.4, -0.2) is 37.1 Å². The summed E-state index contributed by atoms with van der Waals surface area (Å²) in [7, 11) is 0. The Morgan fingerprint density at radius 1 is 1.41 bits per heavy atom. The number of hydrogen-bond donors (Lipinski definition) is 2. The summed E-state index contributed by atoms with van der Waals surface area (Å²) in [6.45, 7) is 7.91. The average Bonchev–Trinajstić information content (AvgIpc) is 3.32. The molecular formula is C21H24ClN5O2. The number of nitrogens with zero attached hydrogens (tertiary/aromatic N) is 4. The first-order chi connectivity index (χ1) is 14.0. The molecule has 1 fully saturated rings. The first-order valence-corrected chi connectivity index (χ1v) is 10.1. The summed E-state index contributed by atoms with van der Waals surface area (Å²) < 4.78 is 7.85. The molecule has 0 spiro atoms. The molecular weight excluding hydrogens is 390 g/mol. The van der Waals surface area contributed by atoms with Crippen LogP contribution >= 0.6 is 11.6 Å². The Morgan fingerprint density at radius 2 is 2.24 bits per heavy atom. The third-order valence-electron chi connectivity index (χ3n) is 5.18. The van der Waals surface area contributed by atoms with Gasteiger partial charge in [-0.2, -0.15) is 0 Å². The molecule has 2 N–H and O–H groups in total. The molecule has 8 heteroatoms. The average molecular weight is 414 g/mol. The predicted octanol–water partition coefficient (Wildman–Crippen LogP) is 4.12. The monoisotopic (exact) mass is 413 g/mol. The number of aliphatic hydroxyl groups excluding tert-OH is 1. The molecule has 1 aliphatic heterocycles. The van der Waals surface area contributed by atoms with Gasteiger partial charge in [0.25, 0.3) is 0 Å². The second-order valence-electron chi connectivity index (χ2n) is 7.33. The van der Waals surface area contributed by atoms with Gasteiger partial charge in [0.15, 0.2) is 17.5 Å². The molecule has 2 unspecified atom stereocenters. The SMILES string of the molecule is C=C(/C=C(\C(Cl)=C/C)c1nnc2n1-c1ncccc1NC2C)O[C@H]1CCC(O)C1. The molecule has 1 saturated carbocycles. The van der Waals surface area contributed by atoms with Crippen molar-refractivity contribution >= 4 is 22.9 Å². The predicted molar refractivity (Wildman–Crippen MR) is 113 cm³/mol. The maximum absolute atomic E-state index is 9.73. The molecule has 0 amide bonds. The van der Waals surface area contributed by atoms with E-state index in [1.807, 2.05) is 30.5 Å². The Labute approximate surface area is 174 Å². The lowest BCUT2D eigenvalue weighted by atomic mass is 10.1. The molecule has 3 heterocycles. The van der Waals surface area contributed by atoms with Crippen molar-refractivity contribution in [1.82, 2.24) is 19.7 Å². The Balaban J connectivity index is 1.74. The van der Waals surface area contributed by atoms with Crippen molar-refractivity contribution in [1.29, 1.82) is 0 Å². The number of aromatic nitrogens is 4. The fraction of sp³-hybridized carbons (Fsp3) is 0.381. The Kier molecular flexibility index (Phi) is 5.43. The van der Waals surface area contributed by atoms with Gasteiger partial charge in [0.05, 0.1) is 17.8 Å². The summed E-state index contributed by atoms with van der Waals surface area (Å²) in [5, 5.41) is 22.4. The fourth-order valence-corrected chi connectivity index (χ4v) is 3.91. The van der Waals surface area contributed by atoms with Crippen LogP contribution in [0.2, 0.25) is 0 Å². The third-order valence-corrected chi connectivity index (χ3v) is 5.60. The molecule has 0 aromatic carbocycles. The van der Waals surface area contributed by atoms with Gasteiger partial charge in [-0.05, 0) is 44.9 Å². The van der Waals surface area contributed by atoms with Crippen LogP contribution < -0.4 is 5.32 Å². The topological polar surface area (TPSA) is 85.1 Å². The van der Waals surface area contributed by atoms with Crippen molar-refractivity contribution in [3.05, 3.63) is 59.5 Å². The van der Waals surface area contributed by atoms with E-state index in [0.717, 1.165) is 30.2 Å². The molecule has 0 radical (unpaired) electrons. The van der Waals surface area contributed by atoms with E-state index >= 15 is 0 Å². The number of nitrogens with one attached hydrogen (secondary N) is 1. The maximum Gasteiger partial charge on any atom is 0.171 e. The molecule has 2 aromatic heterocycles. The first kappa shape index (κ1) is 19.7. The van der Waals surface area contributed by atoms with Gasteiger partial charge in [-0.3, -0.25) is 4.57 Å². The molecule has 152 valence electrons. The summed E-state index contributed by atoms with van der Waals surface area (Å²) in [5.74, 6) is 2.52. The zero-order chi connectivity index (χ0) is 20.5. The summed E-state index contributed by atoms with van der Waals surface area (Å²) in [4.78, 5) is 4.52. The second kappa shape index (κ2) is 8.00. The van der Waals surface area contributed by atoms with Crippen LogP contribution in [0.3, 0.4) is 0 Å². The number of anilines is 1. The van der Waals surface area contributed by atoms with Gasteiger partial charge < -0.3 is 15.2 Å². The minimum Gasteiger partial charge on any atom is -0.491 e. The maximum atomic E-state index is 9.73. The molecule has 4 rings (SSSR count). The van der Waals surface area contributed by atoms with Crippen LogP contribution in [0.5, 0.6) is 0 Å². The molecule has 7 nitrogen and oxygen atoms in total. The molecule has 3 atom stereocenters. The number of ether oxygens (including phenoxy) is 1. The van der Waals surface area contributed by atoms with Crippen LogP contribution in [0.1, 0.15) is 50.8 Å². The van der Waals surface area contributed by atoms with E-state index in [-0.39, 0.29) is 18.2 Å². The summed E-state index contributed by atoms with van der Waals surface area (Å²) in [5.41, 5.74) is 1.56. The second-order valence-corrected chi connectivity index (χ2v) is 7.73. The van der Waals surface area contributed by atoms with Crippen LogP contribution in [0.15, 0.2) is 47.9 Å². The zero-order valence-corrected chi connectivity index (χ0v) is 17.2. The van der Waals surface area contributed by atoms with Crippen molar-refractivity contribution < 1.29 is 9.84 Å². The van der Waals surface area contributed by atoms with Gasteiger partial charge in [0.2, 0.25) is 0 Å². The van der Waals surface area contributed by atoms with Crippen LogP contribution in [0, 0.1) is 0 Å². The molecule has 29 heavy (non-hydrogen) atoms. The van der Waals surface area contributed by atoms with Crippen molar-refractivity contribution in [2.75, 3.05) is 5.32 Å². The number of rotatable bonds is 5. The highest BCUT2D eigenvalue weighted by Gasteiger charge is 2.29. The Hall–Kier alpha value is -2.64. The van der Waals surface area contributed by atoms with Crippen molar-refractivity contribution in [3.63, 3.8) is 0 Å². The van der Waals surface area contributed by atoms with Crippen LogP contribution in [-0.2, 0) is 4.74 Å². The number of allylic oxidation sites excluding steroid dienone is 4. The van der Waals surface area contributed by atoms with Gasteiger partial charge in [-0.1, -0.05) is 24.3 Å². The highest BCUT2D eigenvalue weighted by atomic mass is 35.5. The van der Waals surface area contributed by atoms with E-state index in [4.69, 9.17) is 16.3 Å². The van der Waals surface area contributed by atoms with E-state index in [2.05, 4.69) is 27.1 Å². The summed E-state index contributed by atoms with van der Waals surface area (Å²) in [6.07, 6.45) is 7.12. The van der Waals surface area contributed by atoms with Crippen molar-refractivity contribution in [2.24, 2.45) is 0 Å². The van der Waals surface area contributed by atoms with Crippen molar-refractivity contribution in [2.45, 2.75) is 51.4 Å². The lowest BCUT2D eigenvalue weighted by molar-refractivity contribution is 0.108. The van der Waals surface area contributed by atoms with E-state index in [1.165, 1.54) is 0 Å². The van der Waals surface area contributed by atoms with Gasteiger partial charge in [-0.15, -0.1) is 10.2 Å². The van der Waals surface area contributed by atoms with Crippen LogP contribution in [0.25, 0.3) is 11.4 Å². The molecule has 2 aliphatic rings. The highest BCUT2D eigenvalue weighted by Crippen LogP contribution is 2.36. The molecule has 0 bridgehead atoms. The smallest absolute Gasteiger partial charge is 0.171 e. The molecule has 1 aliphatic carbocycles. The number of halogens is 1. The van der Waals surface area contributed by atoms with Gasteiger partial charge in [0, 0.05) is 23.2 Å². The lowest BCUT2D eigenvalue weighted by Gasteiger charge is -2.25. The van der Waals surface area contributed by atoms with Gasteiger partial charge in [0.1, 0.15) is 11.9 Å². The largest absolute Gasteiger partial charge is 0.491 e. The first-order valence-electron chi connectivity index (χ1n) is 9.73. The number of pyridine rings is 1. The van der Waals surface area contributed by atoms with Gasteiger partial charge in [-0.25, -0.2) is 4.98 Å². The van der Waals surface area contributed by atoms with E-state index in [9.17, 15) is 5.11 Å². The van der Waals surface area contributed by atoms with Crippen molar-refractivity contribution in [3.8, 4) is 5.82 Å². The van der Waals surface area contributed by atoms with Crippen LogP contribution in [0.4, 0.5) is 5.69 Å². The number of aliphatic hydroxyl groups is 1. The minimum absolute atomic E-state index is 0.0296. The minimum atomic E-state index is -0.310. The summed E-state index contributed by atoms with van der Waals surface area (Å²) >= 11 is 6.55.